The van der Waals surface area contributed by atoms with Gasteiger partial charge < -0.3 is 14.8 Å². The van der Waals surface area contributed by atoms with Crippen LogP contribution in [-0.2, 0) is 9.53 Å². The Morgan fingerprint density at radius 3 is 2.17 bits per heavy atom. The van der Waals surface area contributed by atoms with Gasteiger partial charge in [0.15, 0.2) is 0 Å². The number of benzene rings is 3. The Balaban J connectivity index is 1.68. The largest absolute Gasteiger partial charge is 0.468 e. The molecule has 0 heterocycles. The van der Waals surface area contributed by atoms with Crippen LogP contribution in [-0.4, -0.2) is 24.2 Å². The van der Waals surface area contributed by atoms with E-state index in [-0.39, 0.29) is 11.9 Å². The minimum Gasteiger partial charge on any atom is -0.468 e. The average Bonchev–Trinajstić information content (AvgIpc) is 2.75. The van der Waals surface area contributed by atoms with Gasteiger partial charge in [-0.2, -0.15) is 0 Å². The number of methoxy groups -OCH3 is 1. The van der Waals surface area contributed by atoms with Gasteiger partial charge in [0.1, 0.15) is 16.7 Å². The number of amides is 1. The quantitative estimate of drug-likeness (QED) is 0.420. The number of anilines is 1. The van der Waals surface area contributed by atoms with E-state index in [1.807, 2.05) is 42.5 Å². The first-order valence-electron chi connectivity index (χ1n) is 9.04. The Kier molecular flexibility index (Phi) is 6.92. The summed E-state index contributed by atoms with van der Waals surface area (Å²) in [6.45, 7) is 1.75. The molecule has 0 saturated carbocycles. The number of esters is 1. The first-order chi connectivity index (χ1) is 14.1. The molecule has 6 heteroatoms. The van der Waals surface area contributed by atoms with Crippen molar-refractivity contribution < 1.29 is 19.1 Å². The minimum atomic E-state index is -0.414. The van der Waals surface area contributed by atoms with Crippen molar-refractivity contribution in [1.82, 2.24) is 0 Å². The van der Waals surface area contributed by atoms with E-state index in [0.29, 0.717) is 21.9 Å². The number of nitrogens with one attached hydrogen (secondary N) is 1. The summed E-state index contributed by atoms with van der Waals surface area (Å²) in [7, 11) is 1.35. The van der Waals surface area contributed by atoms with Gasteiger partial charge in [-0.15, -0.1) is 11.8 Å². The molecule has 0 fully saturated rings. The van der Waals surface area contributed by atoms with E-state index in [4.69, 9.17) is 9.47 Å². The fourth-order valence-corrected chi connectivity index (χ4v) is 3.61. The number of carbonyl (C=O) groups excluding carboxylic acids is 2. The van der Waals surface area contributed by atoms with Gasteiger partial charge in [0, 0.05) is 10.6 Å². The zero-order valence-electron chi connectivity index (χ0n) is 16.1. The second-order valence-electron chi connectivity index (χ2n) is 6.17. The molecular weight excluding hydrogens is 386 g/mol. The maximum atomic E-state index is 12.8. The third-order valence-electron chi connectivity index (χ3n) is 4.06. The summed E-state index contributed by atoms with van der Waals surface area (Å²) in [5.41, 5.74) is 1.15. The predicted molar refractivity (Wildman–Crippen MR) is 115 cm³/mol. The predicted octanol–water partition coefficient (Wildman–Crippen LogP) is 5.38. The minimum absolute atomic E-state index is 0.248. The topological polar surface area (TPSA) is 64.6 Å². The number of rotatable bonds is 7. The molecule has 0 aliphatic rings. The molecule has 148 valence electrons. The summed E-state index contributed by atoms with van der Waals surface area (Å²) in [6.07, 6.45) is 0. The van der Waals surface area contributed by atoms with Crippen molar-refractivity contribution in [2.45, 2.75) is 17.1 Å². The highest BCUT2D eigenvalue weighted by Gasteiger charge is 2.19. The molecule has 0 bridgehead atoms. The Morgan fingerprint density at radius 1 is 0.862 bits per heavy atom. The number of hydrogen-bond acceptors (Lipinski definition) is 5. The molecule has 1 unspecified atom stereocenters. The van der Waals surface area contributed by atoms with Crippen molar-refractivity contribution in [2.24, 2.45) is 0 Å². The Morgan fingerprint density at radius 2 is 1.48 bits per heavy atom. The van der Waals surface area contributed by atoms with Gasteiger partial charge in [0.2, 0.25) is 0 Å². The van der Waals surface area contributed by atoms with Gasteiger partial charge in [-0.05, 0) is 55.5 Å². The average molecular weight is 407 g/mol. The summed E-state index contributed by atoms with van der Waals surface area (Å²) < 4.78 is 10.5. The standard InChI is InChI=1S/C23H21NO4S/c1-16(23(26)27-2)29-21-11-7-6-10-20(21)22(25)24-17-12-14-19(15-13-17)28-18-8-4-3-5-9-18/h3-16H,1-2H3,(H,24,25). The molecular formula is C23H21NO4S. The van der Waals surface area contributed by atoms with Crippen molar-refractivity contribution in [3.8, 4) is 11.5 Å². The molecule has 0 aliphatic heterocycles. The summed E-state index contributed by atoms with van der Waals surface area (Å²) >= 11 is 1.29. The zero-order chi connectivity index (χ0) is 20.6. The maximum Gasteiger partial charge on any atom is 0.318 e. The monoisotopic (exact) mass is 407 g/mol. The highest BCUT2D eigenvalue weighted by Crippen LogP contribution is 2.28. The van der Waals surface area contributed by atoms with Crippen LogP contribution in [0.5, 0.6) is 11.5 Å². The first-order valence-corrected chi connectivity index (χ1v) is 9.92. The zero-order valence-corrected chi connectivity index (χ0v) is 16.9. The van der Waals surface area contributed by atoms with E-state index < -0.39 is 5.25 Å². The van der Waals surface area contributed by atoms with Crippen LogP contribution in [0.1, 0.15) is 17.3 Å². The molecule has 3 aromatic rings. The fraction of sp³-hybridized carbons (Fsp3) is 0.130. The van der Waals surface area contributed by atoms with Gasteiger partial charge in [-0.1, -0.05) is 30.3 Å². The van der Waals surface area contributed by atoms with E-state index in [1.54, 1.807) is 43.3 Å². The van der Waals surface area contributed by atoms with Gasteiger partial charge in [0.25, 0.3) is 5.91 Å². The molecule has 29 heavy (non-hydrogen) atoms. The molecule has 1 atom stereocenters. The molecule has 3 rings (SSSR count). The second-order valence-corrected chi connectivity index (χ2v) is 7.56. The van der Waals surface area contributed by atoms with Crippen molar-refractivity contribution in [3.63, 3.8) is 0 Å². The maximum absolute atomic E-state index is 12.8. The smallest absolute Gasteiger partial charge is 0.318 e. The van der Waals surface area contributed by atoms with Crippen LogP contribution in [0.4, 0.5) is 5.69 Å². The van der Waals surface area contributed by atoms with E-state index >= 15 is 0 Å². The molecule has 5 nitrogen and oxygen atoms in total. The highest BCUT2D eigenvalue weighted by atomic mass is 32.2. The lowest BCUT2D eigenvalue weighted by atomic mass is 10.2. The van der Waals surface area contributed by atoms with Crippen molar-refractivity contribution in [2.75, 3.05) is 12.4 Å². The van der Waals surface area contributed by atoms with Crippen LogP contribution < -0.4 is 10.1 Å². The summed E-state index contributed by atoms with van der Waals surface area (Å²) in [6, 6.07) is 23.8. The van der Waals surface area contributed by atoms with Crippen LogP contribution in [0.25, 0.3) is 0 Å². The molecule has 0 saturated heterocycles. The molecule has 0 spiro atoms. The van der Waals surface area contributed by atoms with E-state index in [2.05, 4.69) is 5.32 Å². The number of thioether (sulfide) groups is 1. The third kappa shape index (κ3) is 5.62. The third-order valence-corrected chi connectivity index (χ3v) is 5.22. The molecule has 1 N–H and O–H groups in total. The summed E-state index contributed by atoms with van der Waals surface area (Å²) in [4.78, 5) is 25.2. The van der Waals surface area contributed by atoms with Gasteiger partial charge in [-0.3, -0.25) is 9.59 Å². The first kappa shape index (κ1) is 20.5. The van der Waals surface area contributed by atoms with E-state index in [1.165, 1.54) is 18.9 Å². The second kappa shape index (κ2) is 9.80. The fourth-order valence-electron chi connectivity index (χ4n) is 2.59. The van der Waals surface area contributed by atoms with Crippen LogP contribution >= 0.6 is 11.8 Å². The van der Waals surface area contributed by atoms with E-state index in [0.717, 1.165) is 5.75 Å². The van der Waals surface area contributed by atoms with E-state index in [9.17, 15) is 9.59 Å². The van der Waals surface area contributed by atoms with Gasteiger partial charge >= 0.3 is 5.97 Å². The van der Waals surface area contributed by atoms with Crippen LogP contribution in [0, 0.1) is 0 Å². The normalized spacial score (nSPS) is 11.4. The Bertz CT molecular complexity index is 974. The number of ether oxygens (including phenoxy) is 2. The van der Waals surface area contributed by atoms with Crippen LogP contribution in [0.2, 0.25) is 0 Å². The lowest BCUT2D eigenvalue weighted by molar-refractivity contribution is -0.139. The lowest BCUT2D eigenvalue weighted by Crippen LogP contribution is -2.17. The van der Waals surface area contributed by atoms with Crippen molar-refractivity contribution >= 4 is 29.3 Å². The Hall–Kier alpha value is -3.25. The van der Waals surface area contributed by atoms with Crippen LogP contribution in [0.3, 0.4) is 0 Å². The lowest BCUT2D eigenvalue weighted by Gasteiger charge is -2.13. The molecule has 0 aromatic heterocycles. The van der Waals surface area contributed by atoms with Crippen molar-refractivity contribution in [1.29, 1.82) is 0 Å². The number of hydrogen-bond donors (Lipinski definition) is 1. The SMILES string of the molecule is COC(=O)C(C)Sc1ccccc1C(=O)Nc1ccc(Oc2ccccc2)cc1. The van der Waals surface area contributed by atoms with Gasteiger partial charge in [0.05, 0.1) is 12.7 Å². The summed E-state index contributed by atoms with van der Waals surface area (Å²) in [5.74, 6) is 0.841. The van der Waals surface area contributed by atoms with Crippen molar-refractivity contribution in [3.05, 3.63) is 84.4 Å². The highest BCUT2D eigenvalue weighted by molar-refractivity contribution is 8.00. The molecule has 1 amide bonds. The number of para-hydroxylation sites is 1. The van der Waals surface area contributed by atoms with Crippen LogP contribution in [0.15, 0.2) is 83.8 Å². The van der Waals surface area contributed by atoms with Gasteiger partial charge in [-0.25, -0.2) is 0 Å². The Labute approximate surface area is 174 Å². The summed E-state index contributed by atoms with van der Waals surface area (Å²) in [5, 5.41) is 2.47. The molecule has 0 radical (unpaired) electrons. The molecule has 0 aliphatic carbocycles. The number of carbonyl (C=O) groups is 2. The molecule has 3 aromatic carbocycles.